The third kappa shape index (κ3) is 2.77. The fraction of sp³-hybridized carbons (Fsp3) is 0.550. The van der Waals surface area contributed by atoms with Gasteiger partial charge < -0.3 is 14.9 Å². The molecule has 2 saturated heterocycles. The van der Waals surface area contributed by atoms with Crippen LogP contribution in [0.25, 0.3) is 0 Å². The van der Waals surface area contributed by atoms with Crippen LogP contribution in [0.1, 0.15) is 48.0 Å². The van der Waals surface area contributed by atoms with Crippen LogP contribution in [0.3, 0.4) is 0 Å². The molecule has 3 aliphatic rings. The van der Waals surface area contributed by atoms with Crippen LogP contribution in [0.2, 0.25) is 0 Å². The van der Waals surface area contributed by atoms with Crippen molar-refractivity contribution in [3.63, 3.8) is 0 Å². The molecular weight excluding hydrogens is 332 g/mol. The van der Waals surface area contributed by atoms with E-state index in [0.717, 1.165) is 31.4 Å². The predicted molar refractivity (Wildman–Crippen MR) is 94.4 cm³/mol. The van der Waals surface area contributed by atoms with E-state index in [2.05, 4.69) is 0 Å². The molecule has 0 spiro atoms. The molecule has 1 saturated carbocycles. The lowest BCUT2D eigenvalue weighted by atomic mass is 9.81. The average molecular weight is 356 g/mol. The van der Waals surface area contributed by atoms with Gasteiger partial charge in [-0.1, -0.05) is 18.6 Å². The molecule has 1 aromatic carbocycles. The molecule has 2 amide bonds. The molecule has 138 valence electrons. The maximum atomic E-state index is 12.8. The first kappa shape index (κ1) is 17.1. The van der Waals surface area contributed by atoms with Crippen LogP contribution in [-0.4, -0.2) is 52.3 Å². The Bertz CT molecular complexity index is 745. The molecule has 2 heterocycles. The summed E-state index contributed by atoms with van der Waals surface area (Å²) in [4.78, 5) is 39.9. The topological polar surface area (TPSA) is 77.9 Å². The molecule has 0 bridgehead atoms. The average Bonchev–Trinajstić information content (AvgIpc) is 3.30. The Hall–Kier alpha value is -2.37. The molecule has 1 aliphatic carbocycles. The van der Waals surface area contributed by atoms with E-state index >= 15 is 0 Å². The van der Waals surface area contributed by atoms with Crippen molar-refractivity contribution in [2.75, 3.05) is 19.6 Å². The molecular formula is C20H24N2O4. The number of fused-ring (bicyclic) bond motifs is 1. The van der Waals surface area contributed by atoms with Gasteiger partial charge in [0, 0.05) is 38.2 Å². The van der Waals surface area contributed by atoms with E-state index in [1.54, 1.807) is 17.0 Å². The minimum Gasteiger partial charge on any atom is -0.481 e. The van der Waals surface area contributed by atoms with Crippen LogP contribution >= 0.6 is 0 Å². The first-order valence-electron chi connectivity index (χ1n) is 9.39. The second-order valence-corrected chi connectivity index (χ2v) is 7.85. The number of carbonyl (C=O) groups is 3. The van der Waals surface area contributed by atoms with Gasteiger partial charge in [-0.15, -0.1) is 0 Å². The van der Waals surface area contributed by atoms with E-state index in [4.69, 9.17) is 0 Å². The lowest BCUT2D eigenvalue weighted by molar-refractivity contribution is -0.149. The Morgan fingerprint density at radius 3 is 2.58 bits per heavy atom. The van der Waals surface area contributed by atoms with Crippen molar-refractivity contribution in [1.82, 2.24) is 9.80 Å². The van der Waals surface area contributed by atoms with Crippen molar-refractivity contribution in [2.24, 2.45) is 11.3 Å². The fourth-order valence-electron chi connectivity index (χ4n) is 4.82. The van der Waals surface area contributed by atoms with Crippen LogP contribution in [-0.2, 0) is 16.1 Å². The molecule has 2 aliphatic heterocycles. The van der Waals surface area contributed by atoms with E-state index in [1.165, 1.54) is 0 Å². The number of carboxylic acid groups (broad SMARTS) is 1. The van der Waals surface area contributed by atoms with Crippen LogP contribution in [0.5, 0.6) is 0 Å². The molecule has 26 heavy (non-hydrogen) atoms. The summed E-state index contributed by atoms with van der Waals surface area (Å²) in [5.41, 5.74) is 0.852. The lowest BCUT2D eigenvalue weighted by Gasteiger charge is -2.23. The van der Waals surface area contributed by atoms with Crippen molar-refractivity contribution in [2.45, 2.75) is 38.6 Å². The first-order chi connectivity index (χ1) is 12.5. The smallest absolute Gasteiger partial charge is 0.311 e. The van der Waals surface area contributed by atoms with E-state index in [1.807, 2.05) is 17.0 Å². The highest BCUT2D eigenvalue weighted by molar-refractivity contribution is 5.95. The summed E-state index contributed by atoms with van der Waals surface area (Å²) >= 11 is 0. The number of carboxylic acids is 1. The van der Waals surface area contributed by atoms with Gasteiger partial charge in [-0.25, -0.2) is 0 Å². The minimum atomic E-state index is -0.763. The van der Waals surface area contributed by atoms with Crippen molar-refractivity contribution in [3.05, 3.63) is 35.4 Å². The number of nitrogens with zero attached hydrogens (tertiary/aromatic N) is 2. The number of aliphatic carboxylic acids is 1. The number of rotatable bonds is 4. The molecule has 6 heteroatoms. The Morgan fingerprint density at radius 1 is 1.19 bits per heavy atom. The molecule has 4 rings (SSSR count). The Balaban J connectivity index is 1.44. The first-order valence-corrected chi connectivity index (χ1v) is 9.39. The molecule has 1 aromatic rings. The maximum Gasteiger partial charge on any atom is 0.311 e. The SMILES string of the molecule is O=C1CCCN1Cc1ccc(C(=O)N2C[C@@H]3CCC[C@@]3(C(=O)O)C2)cc1. The van der Waals surface area contributed by atoms with E-state index in [0.29, 0.717) is 38.0 Å². The number of amides is 2. The van der Waals surface area contributed by atoms with Gasteiger partial charge in [0.1, 0.15) is 0 Å². The molecule has 0 aromatic heterocycles. The number of likely N-dealkylation sites (tertiary alicyclic amines) is 2. The lowest BCUT2D eigenvalue weighted by Crippen LogP contribution is -2.37. The molecule has 0 unspecified atom stereocenters. The third-order valence-corrected chi connectivity index (χ3v) is 6.33. The minimum absolute atomic E-state index is 0.0735. The zero-order valence-corrected chi connectivity index (χ0v) is 14.8. The summed E-state index contributed by atoms with van der Waals surface area (Å²) in [6, 6.07) is 7.37. The van der Waals surface area contributed by atoms with Crippen molar-refractivity contribution >= 4 is 17.8 Å². The highest BCUT2D eigenvalue weighted by Gasteiger charge is 2.55. The van der Waals surface area contributed by atoms with Crippen LogP contribution < -0.4 is 0 Å². The number of carbonyl (C=O) groups excluding carboxylic acids is 2. The predicted octanol–water partition coefficient (Wildman–Crippen LogP) is 2.14. The molecule has 0 radical (unpaired) electrons. The Labute approximate surface area is 152 Å². The zero-order valence-electron chi connectivity index (χ0n) is 14.8. The maximum absolute atomic E-state index is 12.8. The van der Waals surface area contributed by atoms with Crippen molar-refractivity contribution < 1.29 is 19.5 Å². The third-order valence-electron chi connectivity index (χ3n) is 6.33. The van der Waals surface area contributed by atoms with Crippen LogP contribution in [0.15, 0.2) is 24.3 Å². The summed E-state index contributed by atoms with van der Waals surface area (Å²) in [6.45, 7) is 2.23. The zero-order chi connectivity index (χ0) is 18.3. The summed E-state index contributed by atoms with van der Waals surface area (Å²) in [5.74, 6) is -0.595. The van der Waals surface area contributed by atoms with E-state index < -0.39 is 11.4 Å². The Morgan fingerprint density at radius 2 is 1.96 bits per heavy atom. The fourth-order valence-corrected chi connectivity index (χ4v) is 4.82. The van der Waals surface area contributed by atoms with E-state index in [9.17, 15) is 19.5 Å². The monoisotopic (exact) mass is 356 g/mol. The highest BCUT2D eigenvalue weighted by atomic mass is 16.4. The molecule has 1 N–H and O–H groups in total. The van der Waals surface area contributed by atoms with Gasteiger partial charge in [0.25, 0.3) is 5.91 Å². The quantitative estimate of drug-likeness (QED) is 0.896. The highest BCUT2D eigenvalue weighted by Crippen LogP contribution is 2.49. The molecule has 3 fully saturated rings. The van der Waals surface area contributed by atoms with Crippen molar-refractivity contribution in [1.29, 1.82) is 0 Å². The molecule has 2 atom stereocenters. The second kappa shape index (κ2) is 6.41. The normalized spacial score (nSPS) is 27.8. The summed E-state index contributed by atoms with van der Waals surface area (Å²) in [6.07, 6.45) is 4.02. The summed E-state index contributed by atoms with van der Waals surface area (Å²) in [7, 11) is 0. The van der Waals surface area contributed by atoms with E-state index in [-0.39, 0.29) is 17.7 Å². The Kier molecular flexibility index (Phi) is 4.21. The van der Waals surface area contributed by atoms with Crippen molar-refractivity contribution in [3.8, 4) is 0 Å². The van der Waals surface area contributed by atoms with Crippen LogP contribution in [0, 0.1) is 11.3 Å². The van der Waals surface area contributed by atoms with Gasteiger partial charge >= 0.3 is 5.97 Å². The summed E-state index contributed by atoms with van der Waals surface area (Å²) < 4.78 is 0. The second-order valence-electron chi connectivity index (χ2n) is 7.85. The van der Waals surface area contributed by atoms with Gasteiger partial charge in [-0.05, 0) is 42.9 Å². The largest absolute Gasteiger partial charge is 0.481 e. The van der Waals surface area contributed by atoms with Gasteiger partial charge in [-0.3, -0.25) is 14.4 Å². The number of hydrogen-bond acceptors (Lipinski definition) is 3. The molecule has 6 nitrogen and oxygen atoms in total. The van der Waals surface area contributed by atoms with Gasteiger partial charge in [0.2, 0.25) is 5.91 Å². The number of hydrogen-bond donors (Lipinski definition) is 1. The van der Waals surface area contributed by atoms with Gasteiger partial charge in [0.05, 0.1) is 5.41 Å². The van der Waals surface area contributed by atoms with Gasteiger partial charge in [0.15, 0.2) is 0 Å². The van der Waals surface area contributed by atoms with Gasteiger partial charge in [-0.2, -0.15) is 0 Å². The standard InChI is InChI=1S/C20H24N2O4/c23-17-4-2-10-21(17)11-14-5-7-15(8-6-14)18(24)22-12-16-3-1-9-20(16,13-22)19(25)26/h5-8,16H,1-4,9-13H2,(H,25,26)/t16-,20+/m0/s1. The summed E-state index contributed by atoms with van der Waals surface area (Å²) in [5, 5.41) is 9.67. The number of benzene rings is 1. The van der Waals surface area contributed by atoms with Crippen LogP contribution in [0.4, 0.5) is 0 Å².